The fraction of sp³-hybridized carbons (Fsp3) is 0.583. The SMILES string of the molecule is COC1=C[C@]23C[C@@H]([C@@H]4CC[C@@]56C[C@@]7(OC)O[C@@H](CN45)c4cc5c(cc4[C@@H]6[C@@H]7O)OCO5)C(=O)N2CCc2cc4c(cc2[C@@H]3[C@@H]1O)OCO4. The average Bonchev–Trinajstić information content (AvgIpc) is 3.89. The van der Waals surface area contributed by atoms with Gasteiger partial charge in [-0.2, -0.15) is 0 Å². The van der Waals surface area contributed by atoms with Crippen LogP contribution in [0.1, 0.15) is 65.9 Å². The lowest BCUT2D eigenvalue weighted by molar-refractivity contribution is -0.277. The highest BCUT2D eigenvalue weighted by molar-refractivity contribution is 5.85. The summed E-state index contributed by atoms with van der Waals surface area (Å²) in [4.78, 5) is 19.4. The fourth-order valence-electron chi connectivity index (χ4n) is 11.7. The Hall–Kier alpha value is -3.55. The van der Waals surface area contributed by atoms with Crippen molar-refractivity contribution in [1.29, 1.82) is 0 Å². The molecule has 1 saturated carbocycles. The van der Waals surface area contributed by atoms with Crippen molar-refractivity contribution in [2.75, 3.05) is 40.9 Å². The van der Waals surface area contributed by atoms with Crippen molar-refractivity contribution in [3.05, 3.63) is 58.4 Å². The van der Waals surface area contributed by atoms with Crippen LogP contribution in [0.2, 0.25) is 0 Å². The third-order valence-corrected chi connectivity index (χ3v) is 13.5. The number of amides is 1. The Bertz CT molecular complexity index is 1830. The molecule has 3 saturated heterocycles. The number of aliphatic hydroxyl groups is 2. The first kappa shape index (κ1) is 28.3. The summed E-state index contributed by atoms with van der Waals surface area (Å²) in [5, 5.41) is 23.9. The van der Waals surface area contributed by atoms with Crippen LogP contribution in [0.5, 0.6) is 23.0 Å². The Morgan fingerprint density at radius 1 is 0.917 bits per heavy atom. The van der Waals surface area contributed by atoms with E-state index in [1.165, 1.54) is 0 Å². The summed E-state index contributed by atoms with van der Waals surface area (Å²) < 4.78 is 41.7. The minimum Gasteiger partial charge on any atom is -0.499 e. The minimum absolute atomic E-state index is 0.0898. The van der Waals surface area contributed by atoms with Crippen molar-refractivity contribution in [2.24, 2.45) is 5.92 Å². The van der Waals surface area contributed by atoms with Gasteiger partial charge < -0.3 is 48.3 Å². The predicted molar refractivity (Wildman–Crippen MR) is 165 cm³/mol. The van der Waals surface area contributed by atoms with Crippen molar-refractivity contribution >= 4 is 5.91 Å². The number of rotatable bonds is 3. The standard InChI is InChI=1S/C36H38N2O10/c1-42-27-12-35-11-21(33(41)37(35)6-4-17-7-23-24(45-15-44-23)8-18(17)29(35)31(27)39)22-3-5-34-14-36(43-2)32(40)30(34)20-10-26-25(46-16-47-26)9-19(20)28(48-36)13-38(22)34/h7-10,12,21-22,28-32,39-40H,3-6,11,13-16H2,1-2H3/t21-,22-,28-,29+,30+,31+,32-,34-,35-,36+/m0/s1. The molecule has 0 radical (unpaired) electrons. The van der Waals surface area contributed by atoms with Gasteiger partial charge in [-0.05, 0) is 78.3 Å². The van der Waals surface area contributed by atoms with E-state index in [9.17, 15) is 15.0 Å². The van der Waals surface area contributed by atoms with E-state index >= 15 is 0 Å². The quantitative estimate of drug-likeness (QED) is 0.505. The molecule has 4 fully saturated rings. The molecule has 0 unspecified atom stereocenters. The second-order valence-corrected chi connectivity index (χ2v) is 15.0. The summed E-state index contributed by atoms with van der Waals surface area (Å²) in [6.07, 6.45) is 3.12. The van der Waals surface area contributed by atoms with E-state index in [1.807, 2.05) is 35.2 Å². The molecule has 2 aromatic rings. The molecule has 12 heteroatoms. The van der Waals surface area contributed by atoms with E-state index in [0.717, 1.165) is 35.1 Å². The molecule has 8 aliphatic heterocycles. The van der Waals surface area contributed by atoms with Crippen molar-refractivity contribution < 1.29 is 48.2 Å². The predicted octanol–water partition coefficient (Wildman–Crippen LogP) is 2.46. The number of carbonyl (C=O) groups excluding carboxylic acids is 1. The minimum atomic E-state index is -1.16. The Morgan fingerprint density at radius 3 is 2.35 bits per heavy atom. The fourth-order valence-corrected chi connectivity index (χ4v) is 11.7. The van der Waals surface area contributed by atoms with Crippen LogP contribution < -0.4 is 18.9 Å². The molecule has 12 rings (SSSR count). The molecule has 2 N–H and O–H groups in total. The largest absolute Gasteiger partial charge is 0.499 e. The molecular weight excluding hydrogens is 620 g/mol. The monoisotopic (exact) mass is 658 g/mol. The summed E-state index contributed by atoms with van der Waals surface area (Å²) in [6, 6.07) is 7.97. The molecule has 252 valence electrons. The van der Waals surface area contributed by atoms with Gasteiger partial charge in [0.05, 0.1) is 24.7 Å². The zero-order valence-electron chi connectivity index (χ0n) is 26.8. The van der Waals surface area contributed by atoms with Gasteiger partial charge in [0.1, 0.15) is 18.0 Å². The van der Waals surface area contributed by atoms with E-state index in [-0.39, 0.29) is 37.4 Å². The van der Waals surface area contributed by atoms with E-state index in [2.05, 4.69) is 4.90 Å². The first-order valence-electron chi connectivity index (χ1n) is 17.1. The number of carbonyl (C=O) groups is 1. The molecule has 10 atom stereocenters. The first-order valence-corrected chi connectivity index (χ1v) is 17.1. The van der Waals surface area contributed by atoms with Gasteiger partial charge in [-0.15, -0.1) is 0 Å². The Balaban J connectivity index is 1.02. The van der Waals surface area contributed by atoms with Crippen molar-refractivity contribution in [3.8, 4) is 23.0 Å². The number of hydrogen-bond acceptors (Lipinski definition) is 11. The van der Waals surface area contributed by atoms with Crippen LogP contribution >= 0.6 is 0 Å². The zero-order valence-corrected chi connectivity index (χ0v) is 26.8. The third kappa shape index (κ3) is 3.18. The van der Waals surface area contributed by atoms with Crippen LogP contribution in [0.3, 0.4) is 0 Å². The lowest BCUT2D eigenvalue weighted by atomic mass is 9.75. The molecular formula is C36H38N2O10. The smallest absolute Gasteiger partial charge is 0.231 e. The topological polar surface area (TPSA) is 129 Å². The van der Waals surface area contributed by atoms with E-state index in [0.29, 0.717) is 61.1 Å². The van der Waals surface area contributed by atoms with Gasteiger partial charge in [0.2, 0.25) is 19.5 Å². The summed E-state index contributed by atoms with van der Waals surface area (Å²) in [7, 11) is 3.21. The van der Waals surface area contributed by atoms with E-state index < -0.39 is 41.1 Å². The maximum atomic E-state index is 14.9. The number of ether oxygens (including phenoxy) is 7. The molecule has 0 aromatic heterocycles. The maximum absolute atomic E-state index is 14.9. The van der Waals surface area contributed by atoms with Crippen LogP contribution in [0.25, 0.3) is 0 Å². The highest BCUT2D eigenvalue weighted by Crippen LogP contribution is 2.67. The van der Waals surface area contributed by atoms with E-state index in [1.54, 1.807) is 14.2 Å². The maximum Gasteiger partial charge on any atom is 0.231 e. The van der Waals surface area contributed by atoms with E-state index in [4.69, 9.17) is 33.2 Å². The van der Waals surface area contributed by atoms with Gasteiger partial charge in [-0.25, -0.2) is 0 Å². The highest BCUT2D eigenvalue weighted by atomic mass is 16.7. The Kier molecular flexibility index (Phi) is 5.40. The van der Waals surface area contributed by atoms with Crippen molar-refractivity contribution in [2.45, 2.75) is 85.2 Å². The van der Waals surface area contributed by atoms with Gasteiger partial charge in [0, 0.05) is 50.0 Å². The molecule has 48 heavy (non-hydrogen) atoms. The number of nitrogens with zero attached hydrogens (tertiary/aromatic N) is 2. The second kappa shape index (κ2) is 9.16. The lowest BCUT2D eigenvalue weighted by Gasteiger charge is -2.42. The van der Waals surface area contributed by atoms with Gasteiger partial charge in [-0.1, -0.05) is 0 Å². The second-order valence-electron chi connectivity index (χ2n) is 15.0. The Labute approximate surface area is 277 Å². The average molecular weight is 659 g/mol. The molecule has 2 aromatic carbocycles. The molecule has 2 aliphatic carbocycles. The van der Waals surface area contributed by atoms with Crippen molar-refractivity contribution in [3.63, 3.8) is 0 Å². The molecule has 12 nitrogen and oxygen atoms in total. The molecule has 10 aliphatic rings. The normalized spacial score (nSPS) is 42.2. The van der Waals surface area contributed by atoms with Crippen LogP contribution in [0.4, 0.5) is 0 Å². The first-order chi connectivity index (χ1) is 23.3. The van der Waals surface area contributed by atoms with Crippen LogP contribution in [0, 0.1) is 5.92 Å². The molecule has 1 amide bonds. The van der Waals surface area contributed by atoms with Crippen LogP contribution in [0.15, 0.2) is 36.1 Å². The summed E-state index contributed by atoms with van der Waals surface area (Å²) in [5.41, 5.74) is 2.81. The van der Waals surface area contributed by atoms with Gasteiger partial charge in [0.15, 0.2) is 28.8 Å². The number of fused-ring (bicyclic) bond motifs is 4. The van der Waals surface area contributed by atoms with Gasteiger partial charge >= 0.3 is 0 Å². The third-order valence-electron chi connectivity index (χ3n) is 13.5. The zero-order chi connectivity index (χ0) is 32.3. The number of aliphatic hydroxyl groups excluding tert-OH is 2. The van der Waals surface area contributed by atoms with Gasteiger partial charge in [-0.3, -0.25) is 9.69 Å². The van der Waals surface area contributed by atoms with Crippen molar-refractivity contribution in [1.82, 2.24) is 9.80 Å². The summed E-state index contributed by atoms with van der Waals surface area (Å²) in [5.74, 6) is 1.13. The molecule has 8 heterocycles. The van der Waals surface area contributed by atoms with Crippen LogP contribution in [-0.2, 0) is 25.4 Å². The Morgan fingerprint density at radius 2 is 1.62 bits per heavy atom. The number of hydrogen-bond donors (Lipinski definition) is 2. The van der Waals surface area contributed by atoms with Gasteiger partial charge in [0.25, 0.3) is 0 Å². The number of benzene rings is 2. The molecule has 2 spiro atoms. The highest BCUT2D eigenvalue weighted by Gasteiger charge is 2.73. The number of methoxy groups -OCH3 is 2. The summed E-state index contributed by atoms with van der Waals surface area (Å²) >= 11 is 0. The molecule has 4 bridgehead atoms. The summed E-state index contributed by atoms with van der Waals surface area (Å²) in [6.45, 7) is 1.43. The van der Waals surface area contributed by atoms with Crippen LogP contribution in [-0.4, -0.2) is 102 Å². The lowest BCUT2D eigenvalue weighted by Crippen LogP contribution is -2.53.